The fourth-order valence-electron chi connectivity index (χ4n) is 1.48. The van der Waals surface area contributed by atoms with E-state index < -0.39 is 6.10 Å². The maximum absolute atomic E-state index is 11.5. The van der Waals surface area contributed by atoms with Gasteiger partial charge in [0.05, 0.1) is 19.2 Å². The van der Waals surface area contributed by atoms with Gasteiger partial charge in [-0.25, -0.2) is 0 Å². The van der Waals surface area contributed by atoms with Gasteiger partial charge in [-0.1, -0.05) is 0 Å². The minimum atomic E-state index is -0.583. The van der Waals surface area contributed by atoms with Crippen molar-refractivity contribution < 1.29 is 14.7 Å². The monoisotopic (exact) mass is 200 g/mol. The van der Waals surface area contributed by atoms with Crippen molar-refractivity contribution in [1.29, 1.82) is 0 Å². The zero-order chi connectivity index (χ0) is 10.7. The van der Waals surface area contributed by atoms with E-state index in [0.717, 1.165) is 0 Å². The van der Waals surface area contributed by atoms with Crippen molar-refractivity contribution in [1.82, 2.24) is 9.80 Å². The highest BCUT2D eigenvalue weighted by atomic mass is 16.3. The number of aliphatic hydroxyl groups is 1. The second-order valence-electron chi connectivity index (χ2n) is 3.53. The molecular formula is C9H16N2O3. The molecule has 1 aliphatic heterocycles. The summed E-state index contributed by atoms with van der Waals surface area (Å²) >= 11 is 0. The third kappa shape index (κ3) is 2.45. The number of β-amino-alcohol motifs (C(OH)–C–C–N with tert-alkyl or cyclic N) is 1. The minimum absolute atomic E-state index is 0.0484. The van der Waals surface area contributed by atoms with Gasteiger partial charge < -0.3 is 14.9 Å². The van der Waals surface area contributed by atoms with E-state index in [1.54, 1.807) is 6.92 Å². The van der Waals surface area contributed by atoms with Crippen molar-refractivity contribution in [2.24, 2.45) is 0 Å². The molecule has 1 rings (SSSR count). The van der Waals surface area contributed by atoms with Gasteiger partial charge in [0.1, 0.15) is 0 Å². The Balaban J connectivity index is 2.57. The average Bonchev–Trinajstić information content (AvgIpc) is 2.10. The Hall–Kier alpha value is -1.10. The molecule has 0 radical (unpaired) electrons. The van der Waals surface area contributed by atoms with Gasteiger partial charge in [0.2, 0.25) is 11.8 Å². The highest BCUT2D eigenvalue weighted by Gasteiger charge is 2.28. The van der Waals surface area contributed by atoms with E-state index in [2.05, 4.69) is 0 Å². The maximum atomic E-state index is 11.5. The predicted octanol–water partition coefficient (Wildman–Crippen LogP) is -0.942. The van der Waals surface area contributed by atoms with Crippen LogP contribution in [0.5, 0.6) is 0 Å². The van der Waals surface area contributed by atoms with Crippen LogP contribution in [0.4, 0.5) is 0 Å². The van der Waals surface area contributed by atoms with E-state index in [9.17, 15) is 9.59 Å². The molecule has 0 saturated carbocycles. The quantitative estimate of drug-likeness (QED) is 0.639. The first kappa shape index (κ1) is 11.0. The molecular weight excluding hydrogens is 184 g/mol. The smallest absolute Gasteiger partial charge is 0.242 e. The zero-order valence-corrected chi connectivity index (χ0v) is 8.56. The summed E-state index contributed by atoms with van der Waals surface area (Å²) in [5, 5.41) is 9.11. The normalized spacial score (nSPS) is 20.2. The largest absolute Gasteiger partial charge is 0.392 e. The lowest BCUT2D eigenvalue weighted by atomic mass is 10.2. The van der Waals surface area contributed by atoms with Gasteiger partial charge in [-0.05, 0) is 13.8 Å². The highest BCUT2D eigenvalue weighted by molar-refractivity contribution is 5.92. The zero-order valence-electron chi connectivity index (χ0n) is 8.56. The number of likely N-dealkylation sites (N-methyl/N-ethyl adjacent to an activating group) is 1. The number of amides is 2. The van der Waals surface area contributed by atoms with Crippen molar-refractivity contribution >= 4 is 11.8 Å². The molecule has 1 heterocycles. The standard InChI is InChI=1S/C9H16N2O3/c1-3-10-5-9(14)11(4-7(2)12)6-8(10)13/h7,12H,3-6H2,1-2H3/t7-/m1/s1. The minimum Gasteiger partial charge on any atom is -0.392 e. The topological polar surface area (TPSA) is 60.9 Å². The van der Waals surface area contributed by atoms with Gasteiger partial charge in [0.15, 0.2) is 0 Å². The fourth-order valence-corrected chi connectivity index (χ4v) is 1.48. The maximum Gasteiger partial charge on any atom is 0.242 e. The molecule has 1 fully saturated rings. The summed E-state index contributed by atoms with van der Waals surface area (Å²) < 4.78 is 0. The van der Waals surface area contributed by atoms with Crippen LogP contribution in [0, 0.1) is 0 Å². The van der Waals surface area contributed by atoms with Gasteiger partial charge in [-0.15, -0.1) is 0 Å². The lowest BCUT2D eigenvalue weighted by Crippen LogP contribution is -2.54. The third-order valence-corrected chi connectivity index (χ3v) is 2.22. The number of rotatable bonds is 3. The molecule has 5 nitrogen and oxygen atoms in total. The summed E-state index contributed by atoms with van der Waals surface area (Å²) in [5.41, 5.74) is 0. The van der Waals surface area contributed by atoms with Crippen LogP contribution in [0.2, 0.25) is 0 Å². The van der Waals surface area contributed by atoms with E-state index in [-0.39, 0.29) is 31.4 Å². The number of carbonyl (C=O) groups is 2. The average molecular weight is 200 g/mol. The van der Waals surface area contributed by atoms with E-state index in [1.165, 1.54) is 9.80 Å². The number of hydrogen-bond donors (Lipinski definition) is 1. The first-order chi connectivity index (χ1) is 6.54. The summed E-state index contributed by atoms with van der Waals surface area (Å²) in [6, 6.07) is 0. The van der Waals surface area contributed by atoms with Crippen LogP contribution in [-0.2, 0) is 9.59 Å². The highest BCUT2D eigenvalue weighted by Crippen LogP contribution is 2.05. The summed E-state index contributed by atoms with van der Waals surface area (Å²) in [6.07, 6.45) is -0.583. The van der Waals surface area contributed by atoms with Crippen LogP contribution in [0.15, 0.2) is 0 Å². The van der Waals surface area contributed by atoms with Crippen LogP contribution >= 0.6 is 0 Å². The van der Waals surface area contributed by atoms with E-state index in [0.29, 0.717) is 6.54 Å². The van der Waals surface area contributed by atoms with Crippen molar-refractivity contribution in [2.45, 2.75) is 20.0 Å². The summed E-state index contributed by atoms with van der Waals surface area (Å²) in [5.74, 6) is -0.139. The Morgan fingerprint density at radius 2 is 1.79 bits per heavy atom. The first-order valence-electron chi connectivity index (χ1n) is 4.78. The lowest BCUT2D eigenvalue weighted by molar-refractivity contribution is -0.150. The van der Waals surface area contributed by atoms with Crippen molar-refractivity contribution in [3.05, 3.63) is 0 Å². The van der Waals surface area contributed by atoms with Crippen LogP contribution in [0.1, 0.15) is 13.8 Å². The fraction of sp³-hybridized carbons (Fsp3) is 0.778. The van der Waals surface area contributed by atoms with Gasteiger partial charge in [0.25, 0.3) is 0 Å². The third-order valence-electron chi connectivity index (χ3n) is 2.22. The van der Waals surface area contributed by atoms with E-state index in [4.69, 9.17) is 5.11 Å². The predicted molar refractivity (Wildman–Crippen MR) is 50.5 cm³/mol. The van der Waals surface area contributed by atoms with Crippen LogP contribution in [0.25, 0.3) is 0 Å². The Bertz CT molecular complexity index is 240. The number of aliphatic hydroxyl groups excluding tert-OH is 1. The second kappa shape index (κ2) is 4.41. The summed E-state index contributed by atoms with van der Waals surface area (Å²) in [7, 11) is 0. The molecule has 1 aliphatic rings. The first-order valence-corrected chi connectivity index (χ1v) is 4.78. The molecule has 80 valence electrons. The summed E-state index contributed by atoms with van der Waals surface area (Å²) in [6.45, 7) is 4.48. The van der Waals surface area contributed by atoms with E-state index >= 15 is 0 Å². The number of carbonyl (C=O) groups excluding carboxylic acids is 2. The molecule has 0 aromatic heterocycles. The van der Waals surface area contributed by atoms with Gasteiger partial charge in [-0.3, -0.25) is 9.59 Å². The molecule has 1 saturated heterocycles. The Labute approximate surface area is 83.3 Å². The van der Waals surface area contributed by atoms with Crippen molar-refractivity contribution in [2.75, 3.05) is 26.2 Å². The number of nitrogens with zero attached hydrogens (tertiary/aromatic N) is 2. The van der Waals surface area contributed by atoms with Crippen LogP contribution in [0.3, 0.4) is 0 Å². The molecule has 1 N–H and O–H groups in total. The van der Waals surface area contributed by atoms with Crippen molar-refractivity contribution in [3.63, 3.8) is 0 Å². The molecule has 14 heavy (non-hydrogen) atoms. The van der Waals surface area contributed by atoms with Crippen LogP contribution < -0.4 is 0 Å². The Morgan fingerprint density at radius 3 is 2.29 bits per heavy atom. The second-order valence-corrected chi connectivity index (χ2v) is 3.53. The molecule has 0 unspecified atom stereocenters. The van der Waals surface area contributed by atoms with Gasteiger partial charge in [0, 0.05) is 13.1 Å². The molecule has 0 bridgehead atoms. The summed E-state index contributed by atoms with van der Waals surface area (Å²) in [4.78, 5) is 25.8. The molecule has 0 aromatic rings. The van der Waals surface area contributed by atoms with Crippen LogP contribution in [-0.4, -0.2) is 59.0 Å². The van der Waals surface area contributed by atoms with E-state index in [1.807, 2.05) is 6.92 Å². The SMILES string of the molecule is CCN1CC(=O)N(C[C@@H](C)O)CC1=O. The molecule has 2 amide bonds. The van der Waals surface area contributed by atoms with Gasteiger partial charge >= 0.3 is 0 Å². The molecule has 1 atom stereocenters. The van der Waals surface area contributed by atoms with Crippen molar-refractivity contribution in [3.8, 4) is 0 Å². The molecule has 0 aliphatic carbocycles. The Kier molecular flexibility index (Phi) is 3.46. The molecule has 0 aromatic carbocycles. The number of hydrogen-bond acceptors (Lipinski definition) is 3. The van der Waals surface area contributed by atoms with Gasteiger partial charge in [-0.2, -0.15) is 0 Å². The Morgan fingerprint density at radius 1 is 1.29 bits per heavy atom. The molecule has 5 heteroatoms. The molecule has 0 spiro atoms. The lowest BCUT2D eigenvalue weighted by Gasteiger charge is -2.33. The number of piperazine rings is 1.